The Morgan fingerprint density at radius 3 is 2.16 bits per heavy atom. The molecule has 4 N–H and O–H groups in total. The van der Waals surface area contributed by atoms with Crippen molar-refractivity contribution in [3.05, 3.63) is 90.0 Å². The number of nitrogens with zero attached hydrogens (tertiary/aromatic N) is 1. The van der Waals surface area contributed by atoms with Gasteiger partial charge in [-0.15, -0.1) is 0 Å². The zero-order valence-corrected chi connectivity index (χ0v) is 17.2. The topological polar surface area (TPSA) is 133 Å². The Morgan fingerprint density at radius 2 is 1.56 bits per heavy atom. The molecular weight excluding hydrogens is 412 g/mol. The van der Waals surface area contributed by atoms with Crippen LogP contribution in [0.3, 0.4) is 0 Å². The van der Waals surface area contributed by atoms with Crippen LogP contribution in [0.2, 0.25) is 0 Å². The van der Waals surface area contributed by atoms with Gasteiger partial charge < -0.3 is 25.5 Å². The highest BCUT2D eigenvalue weighted by atomic mass is 16.5. The average molecular weight is 436 g/mol. The monoisotopic (exact) mass is 436 g/mol. The second-order valence-electron chi connectivity index (χ2n) is 7.13. The molecule has 1 heterocycles. The van der Waals surface area contributed by atoms with Gasteiger partial charge in [0.2, 0.25) is 5.91 Å². The van der Waals surface area contributed by atoms with Crippen LogP contribution < -0.4 is 10.6 Å². The second-order valence-corrected chi connectivity index (χ2v) is 7.13. The van der Waals surface area contributed by atoms with Gasteiger partial charge in [-0.3, -0.25) is 4.79 Å². The first-order chi connectivity index (χ1) is 15.5. The van der Waals surface area contributed by atoms with E-state index >= 15 is 0 Å². The smallest absolute Gasteiger partial charge is 0.408 e. The molecule has 32 heavy (non-hydrogen) atoms. The Kier molecular flexibility index (Phi) is 7.96. The van der Waals surface area contributed by atoms with Gasteiger partial charge in [0.25, 0.3) is 0 Å². The molecular formula is C23H24N4O5. The summed E-state index contributed by atoms with van der Waals surface area (Å²) in [6.45, 7) is 0.0385. The van der Waals surface area contributed by atoms with E-state index in [2.05, 4.69) is 20.6 Å². The molecule has 9 heteroatoms. The van der Waals surface area contributed by atoms with Crippen LogP contribution in [0.4, 0.5) is 4.79 Å². The number of ether oxygens (including phenoxy) is 1. The van der Waals surface area contributed by atoms with Crippen molar-refractivity contribution in [1.29, 1.82) is 0 Å². The van der Waals surface area contributed by atoms with Crippen LogP contribution in [0, 0.1) is 0 Å². The van der Waals surface area contributed by atoms with Crippen LogP contribution in [-0.4, -0.2) is 45.1 Å². The molecule has 166 valence electrons. The first-order valence-electron chi connectivity index (χ1n) is 10.0. The summed E-state index contributed by atoms with van der Waals surface area (Å²) in [6, 6.07) is 15.9. The van der Waals surface area contributed by atoms with E-state index in [1.54, 1.807) is 24.3 Å². The third-order valence-corrected chi connectivity index (χ3v) is 4.70. The summed E-state index contributed by atoms with van der Waals surface area (Å²) < 4.78 is 5.20. The molecule has 0 saturated carbocycles. The molecule has 3 aromatic rings. The lowest BCUT2D eigenvalue weighted by atomic mass is 10.0. The highest BCUT2D eigenvalue weighted by Gasteiger charge is 2.27. The molecule has 2 atom stereocenters. The molecule has 0 aliphatic rings. The molecule has 0 fully saturated rings. The van der Waals surface area contributed by atoms with Gasteiger partial charge in [0.15, 0.2) is 0 Å². The van der Waals surface area contributed by atoms with E-state index in [1.807, 2.05) is 36.4 Å². The number of carboxylic acid groups (broad SMARTS) is 1. The van der Waals surface area contributed by atoms with Crippen LogP contribution in [0.15, 0.2) is 73.2 Å². The van der Waals surface area contributed by atoms with Gasteiger partial charge in [0, 0.05) is 24.7 Å². The number of hydrogen-bond donors (Lipinski definition) is 4. The van der Waals surface area contributed by atoms with Crippen LogP contribution in [0.25, 0.3) is 0 Å². The van der Waals surface area contributed by atoms with E-state index in [9.17, 15) is 19.5 Å². The quantitative estimate of drug-likeness (QED) is 0.384. The molecule has 2 aromatic carbocycles. The predicted molar refractivity (Wildman–Crippen MR) is 116 cm³/mol. The summed E-state index contributed by atoms with van der Waals surface area (Å²) in [4.78, 5) is 43.7. The Balaban J connectivity index is 1.65. The zero-order chi connectivity index (χ0) is 22.8. The number of rotatable bonds is 10. The summed E-state index contributed by atoms with van der Waals surface area (Å²) in [7, 11) is 0. The van der Waals surface area contributed by atoms with Gasteiger partial charge in [0.05, 0.1) is 6.33 Å². The minimum atomic E-state index is -1.17. The van der Waals surface area contributed by atoms with Crippen LogP contribution in [0.1, 0.15) is 16.8 Å². The van der Waals surface area contributed by atoms with Crippen molar-refractivity contribution >= 4 is 18.0 Å². The van der Waals surface area contributed by atoms with Gasteiger partial charge in [-0.25, -0.2) is 14.6 Å². The van der Waals surface area contributed by atoms with Gasteiger partial charge in [0.1, 0.15) is 18.7 Å². The van der Waals surface area contributed by atoms with Crippen LogP contribution in [-0.2, 0) is 33.8 Å². The number of nitrogens with one attached hydrogen (secondary N) is 3. The number of aliphatic carboxylic acids is 1. The number of aromatic nitrogens is 2. The lowest BCUT2D eigenvalue weighted by Crippen LogP contribution is -2.53. The average Bonchev–Trinajstić information content (AvgIpc) is 3.31. The molecule has 0 bridgehead atoms. The third kappa shape index (κ3) is 6.98. The van der Waals surface area contributed by atoms with Crippen molar-refractivity contribution in [3.63, 3.8) is 0 Å². The largest absolute Gasteiger partial charge is 0.480 e. The van der Waals surface area contributed by atoms with Crippen molar-refractivity contribution in [2.75, 3.05) is 0 Å². The number of aromatic amines is 1. The van der Waals surface area contributed by atoms with E-state index in [0.29, 0.717) is 5.69 Å². The number of benzene rings is 2. The number of alkyl carbamates (subject to hydrolysis) is 1. The Hall–Kier alpha value is -4.14. The SMILES string of the molecule is O=C(N[C@H](Cc1cnc[nH]1)C(=O)N[C@H](Cc1ccccc1)C(=O)O)OCc1ccccc1. The maximum Gasteiger partial charge on any atom is 0.408 e. The predicted octanol–water partition coefficient (Wildman–Crippen LogP) is 2.06. The first-order valence-corrected chi connectivity index (χ1v) is 10.0. The van der Waals surface area contributed by atoms with E-state index in [4.69, 9.17) is 4.74 Å². The Bertz CT molecular complexity index is 1010. The van der Waals surface area contributed by atoms with Crippen molar-refractivity contribution in [2.24, 2.45) is 0 Å². The summed E-state index contributed by atoms with van der Waals surface area (Å²) >= 11 is 0. The van der Waals surface area contributed by atoms with E-state index < -0.39 is 30.1 Å². The van der Waals surface area contributed by atoms with Gasteiger partial charge in [-0.05, 0) is 11.1 Å². The number of imidazole rings is 1. The molecule has 2 amide bonds. The van der Waals surface area contributed by atoms with Crippen molar-refractivity contribution in [1.82, 2.24) is 20.6 Å². The lowest BCUT2D eigenvalue weighted by molar-refractivity contribution is -0.142. The fraction of sp³-hybridized carbons (Fsp3) is 0.217. The molecule has 0 radical (unpaired) electrons. The molecule has 0 aliphatic carbocycles. The standard InChI is InChI=1S/C23H24N4O5/c28-21(26-20(22(29)30)11-16-7-3-1-4-8-16)19(12-18-13-24-15-25-18)27-23(31)32-14-17-9-5-2-6-10-17/h1-10,13,15,19-20H,11-12,14H2,(H,24,25)(H,26,28)(H,27,31)(H,29,30)/t19-,20-/m1/s1. The zero-order valence-electron chi connectivity index (χ0n) is 17.2. The fourth-order valence-electron chi connectivity index (χ4n) is 3.05. The first kappa shape index (κ1) is 22.5. The van der Waals surface area contributed by atoms with Crippen molar-refractivity contribution in [3.8, 4) is 0 Å². The number of hydrogen-bond acceptors (Lipinski definition) is 5. The molecule has 1 aromatic heterocycles. The van der Waals surface area contributed by atoms with E-state index in [0.717, 1.165) is 11.1 Å². The molecule has 9 nitrogen and oxygen atoms in total. The molecule has 0 unspecified atom stereocenters. The Labute approximate surface area is 184 Å². The number of carboxylic acids is 1. The highest BCUT2D eigenvalue weighted by molar-refractivity contribution is 5.89. The van der Waals surface area contributed by atoms with E-state index in [1.165, 1.54) is 12.5 Å². The lowest BCUT2D eigenvalue weighted by Gasteiger charge is -2.21. The summed E-state index contributed by atoms with van der Waals surface area (Å²) in [5.41, 5.74) is 2.16. The van der Waals surface area contributed by atoms with E-state index in [-0.39, 0.29) is 19.4 Å². The number of carbonyl (C=O) groups excluding carboxylic acids is 2. The maximum atomic E-state index is 12.9. The van der Waals surface area contributed by atoms with Crippen molar-refractivity contribution in [2.45, 2.75) is 31.5 Å². The Morgan fingerprint density at radius 1 is 0.906 bits per heavy atom. The van der Waals surface area contributed by atoms with Crippen LogP contribution in [0.5, 0.6) is 0 Å². The van der Waals surface area contributed by atoms with Crippen molar-refractivity contribution < 1.29 is 24.2 Å². The summed E-state index contributed by atoms with van der Waals surface area (Å²) in [6.07, 6.45) is 2.38. The molecule has 0 spiro atoms. The molecule has 0 aliphatic heterocycles. The third-order valence-electron chi connectivity index (χ3n) is 4.70. The molecule has 0 saturated heterocycles. The summed E-state index contributed by atoms with van der Waals surface area (Å²) in [5.74, 6) is -1.81. The highest BCUT2D eigenvalue weighted by Crippen LogP contribution is 2.06. The number of amides is 2. The maximum absolute atomic E-state index is 12.9. The minimum absolute atomic E-state index is 0.0385. The molecule has 3 rings (SSSR count). The van der Waals surface area contributed by atoms with Gasteiger partial charge in [-0.1, -0.05) is 60.7 Å². The minimum Gasteiger partial charge on any atom is -0.480 e. The van der Waals surface area contributed by atoms with Gasteiger partial charge >= 0.3 is 12.1 Å². The summed E-state index contributed by atoms with van der Waals surface area (Å²) in [5, 5.41) is 14.6. The fourth-order valence-corrected chi connectivity index (χ4v) is 3.05. The number of H-pyrrole nitrogens is 1. The normalized spacial score (nSPS) is 12.4. The second kappa shape index (κ2) is 11.3. The van der Waals surface area contributed by atoms with Crippen LogP contribution >= 0.6 is 0 Å². The van der Waals surface area contributed by atoms with Gasteiger partial charge in [-0.2, -0.15) is 0 Å². The number of carbonyl (C=O) groups is 3.